The minimum absolute atomic E-state index is 0.0878. The van der Waals surface area contributed by atoms with Crippen LogP contribution in [0.25, 0.3) is 0 Å². The molecular weight excluding hydrogens is 363 g/mol. The van der Waals surface area contributed by atoms with Crippen LogP contribution in [0.15, 0.2) is 41.7 Å². The van der Waals surface area contributed by atoms with Crippen molar-refractivity contribution in [1.29, 1.82) is 0 Å². The van der Waals surface area contributed by atoms with Crippen molar-refractivity contribution in [2.24, 2.45) is 5.92 Å². The fourth-order valence-corrected chi connectivity index (χ4v) is 4.31. The number of imidazole rings is 1. The van der Waals surface area contributed by atoms with Crippen LogP contribution in [0.4, 0.5) is 22.0 Å². The summed E-state index contributed by atoms with van der Waals surface area (Å²) in [4.78, 5) is 4.25. The average molecular weight is 384 g/mol. The van der Waals surface area contributed by atoms with Gasteiger partial charge in [0.15, 0.2) is 11.7 Å². The molecule has 0 radical (unpaired) electrons. The van der Waals surface area contributed by atoms with Gasteiger partial charge in [0.1, 0.15) is 11.2 Å². The molecule has 3 aliphatic rings. The molecule has 0 bridgehead atoms. The van der Waals surface area contributed by atoms with E-state index in [2.05, 4.69) is 4.98 Å². The minimum Gasteiger partial charge on any atom is -0.331 e. The Morgan fingerprint density at radius 3 is 2.63 bits per heavy atom. The van der Waals surface area contributed by atoms with E-state index in [4.69, 9.17) is 0 Å². The Balaban J connectivity index is 1.61. The maximum Gasteiger partial charge on any atom is 0.399 e. The zero-order chi connectivity index (χ0) is 19.2. The summed E-state index contributed by atoms with van der Waals surface area (Å²) in [7, 11) is 0. The molecule has 27 heavy (non-hydrogen) atoms. The fourth-order valence-electron chi connectivity index (χ4n) is 4.31. The van der Waals surface area contributed by atoms with Crippen molar-refractivity contribution < 1.29 is 22.0 Å². The Morgan fingerprint density at radius 2 is 1.93 bits per heavy atom. The number of nitrogens with zero attached hydrogens (tertiary/aromatic N) is 2. The number of fused-ring (bicyclic) bond motifs is 1. The number of aryl methyl sites for hydroxylation is 1. The molecule has 2 nitrogen and oxygen atoms in total. The van der Waals surface area contributed by atoms with E-state index in [1.165, 1.54) is 6.20 Å². The monoisotopic (exact) mass is 384 g/mol. The third-order valence-electron chi connectivity index (χ3n) is 6.02. The standard InChI is InChI=1S/C20H21F5N2/c21-15-6-2-1-5-14(18(15)22)13-4-3-7-17-26-12-16(27(17)11-8-13)19(9-10-19)20(23,24)25/h2,5-6,12-13H,1,3-4,7-11H2. The molecule has 0 amide bonds. The zero-order valence-electron chi connectivity index (χ0n) is 14.8. The number of hydrogen-bond acceptors (Lipinski definition) is 1. The van der Waals surface area contributed by atoms with Gasteiger partial charge in [-0.2, -0.15) is 13.2 Å². The first-order chi connectivity index (χ1) is 12.8. The van der Waals surface area contributed by atoms with Gasteiger partial charge in [-0.1, -0.05) is 12.2 Å². The van der Waals surface area contributed by atoms with Crippen molar-refractivity contribution in [1.82, 2.24) is 9.55 Å². The lowest BCUT2D eigenvalue weighted by Gasteiger charge is -2.26. The third kappa shape index (κ3) is 3.15. The average Bonchev–Trinajstić information content (AvgIpc) is 3.34. The van der Waals surface area contributed by atoms with E-state index in [0.29, 0.717) is 50.0 Å². The smallest absolute Gasteiger partial charge is 0.331 e. The molecule has 1 saturated carbocycles. The van der Waals surface area contributed by atoms with Crippen molar-refractivity contribution in [3.8, 4) is 0 Å². The highest BCUT2D eigenvalue weighted by Crippen LogP contribution is 2.59. The highest BCUT2D eigenvalue weighted by molar-refractivity contribution is 5.37. The molecule has 1 unspecified atom stereocenters. The first kappa shape index (κ1) is 18.4. The topological polar surface area (TPSA) is 17.8 Å². The molecule has 0 N–H and O–H groups in total. The van der Waals surface area contributed by atoms with Crippen LogP contribution in [0, 0.1) is 5.92 Å². The molecule has 0 spiro atoms. The maximum atomic E-state index is 14.4. The summed E-state index contributed by atoms with van der Waals surface area (Å²) in [6.07, 6.45) is 4.45. The number of hydrogen-bond donors (Lipinski definition) is 0. The van der Waals surface area contributed by atoms with Gasteiger partial charge in [-0.3, -0.25) is 0 Å². The largest absolute Gasteiger partial charge is 0.399 e. The van der Waals surface area contributed by atoms with Crippen LogP contribution >= 0.6 is 0 Å². The van der Waals surface area contributed by atoms with Gasteiger partial charge in [0.2, 0.25) is 0 Å². The Labute approximate surface area is 154 Å². The summed E-state index contributed by atoms with van der Waals surface area (Å²) in [5.74, 6) is -1.26. The van der Waals surface area contributed by atoms with E-state index >= 15 is 0 Å². The van der Waals surface area contributed by atoms with Gasteiger partial charge in [0, 0.05) is 19.2 Å². The molecule has 0 saturated heterocycles. The second-order valence-electron chi connectivity index (χ2n) is 7.63. The summed E-state index contributed by atoms with van der Waals surface area (Å²) >= 11 is 0. The van der Waals surface area contributed by atoms with Crippen molar-refractivity contribution in [3.63, 3.8) is 0 Å². The number of allylic oxidation sites excluding steroid dienone is 6. The van der Waals surface area contributed by atoms with E-state index in [1.54, 1.807) is 16.7 Å². The normalized spacial score (nSPS) is 25.4. The fraction of sp³-hybridized carbons (Fsp3) is 0.550. The van der Waals surface area contributed by atoms with Gasteiger partial charge in [-0.15, -0.1) is 0 Å². The van der Waals surface area contributed by atoms with Crippen LogP contribution in [0.1, 0.15) is 50.0 Å². The van der Waals surface area contributed by atoms with Gasteiger partial charge in [-0.05, 0) is 56.1 Å². The summed E-state index contributed by atoms with van der Waals surface area (Å²) in [6, 6.07) is 0. The van der Waals surface area contributed by atoms with E-state index in [1.807, 2.05) is 0 Å². The first-order valence-electron chi connectivity index (χ1n) is 9.37. The zero-order valence-corrected chi connectivity index (χ0v) is 14.8. The second-order valence-corrected chi connectivity index (χ2v) is 7.63. The number of aromatic nitrogens is 2. The highest BCUT2D eigenvalue weighted by Gasteiger charge is 2.65. The Bertz CT molecular complexity index is 824. The number of alkyl halides is 3. The van der Waals surface area contributed by atoms with Crippen LogP contribution in [0.3, 0.4) is 0 Å². The van der Waals surface area contributed by atoms with Crippen molar-refractivity contribution >= 4 is 0 Å². The van der Waals surface area contributed by atoms with Gasteiger partial charge in [-0.25, -0.2) is 13.8 Å². The SMILES string of the molecule is FC1=C(F)C(C2CCCc3ncc(C4(C(F)(F)F)CC4)n3CC2)=CCC=C1. The number of halogens is 5. The van der Waals surface area contributed by atoms with E-state index in [9.17, 15) is 22.0 Å². The Hall–Kier alpha value is -1.92. The molecule has 0 aromatic carbocycles. The first-order valence-corrected chi connectivity index (χ1v) is 9.37. The Morgan fingerprint density at radius 1 is 1.15 bits per heavy atom. The van der Waals surface area contributed by atoms with E-state index in [-0.39, 0.29) is 24.5 Å². The molecule has 1 aliphatic heterocycles. The molecule has 1 aromatic heterocycles. The van der Waals surface area contributed by atoms with E-state index < -0.39 is 23.2 Å². The molecular formula is C20H21F5N2. The lowest BCUT2D eigenvalue weighted by atomic mass is 9.87. The van der Waals surface area contributed by atoms with Crippen LogP contribution in [-0.4, -0.2) is 15.7 Å². The third-order valence-corrected chi connectivity index (χ3v) is 6.02. The van der Waals surface area contributed by atoms with Crippen molar-refractivity contribution in [2.75, 3.05) is 0 Å². The van der Waals surface area contributed by atoms with Crippen molar-refractivity contribution in [3.05, 3.63) is 53.2 Å². The van der Waals surface area contributed by atoms with Gasteiger partial charge in [0.25, 0.3) is 0 Å². The molecule has 1 fully saturated rings. The minimum atomic E-state index is -4.29. The van der Waals surface area contributed by atoms with Crippen LogP contribution in [-0.2, 0) is 18.4 Å². The van der Waals surface area contributed by atoms with Crippen LogP contribution in [0.5, 0.6) is 0 Å². The summed E-state index contributed by atoms with van der Waals surface area (Å²) in [5.41, 5.74) is -1.21. The maximum absolute atomic E-state index is 14.4. The molecule has 2 aliphatic carbocycles. The molecule has 4 rings (SSSR count). The van der Waals surface area contributed by atoms with Gasteiger partial charge >= 0.3 is 6.18 Å². The second kappa shape index (κ2) is 6.60. The molecule has 1 atom stereocenters. The quantitative estimate of drug-likeness (QED) is 0.584. The van der Waals surface area contributed by atoms with Gasteiger partial charge in [0.05, 0.1) is 5.69 Å². The van der Waals surface area contributed by atoms with Crippen LogP contribution < -0.4 is 0 Å². The van der Waals surface area contributed by atoms with Gasteiger partial charge < -0.3 is 4.57 Å². The van der Waals surface area contributed by atoms with Crippen molar-refractivity contribution in [2.45, 2.75) is 63.1 Å². The predicted molar refractivity (Wildman–Crippen MR) is 91.3 cm³/mol. The Kier molecular flexibility index (Phi) is 4.51. The lowest BCUT2D eigenvalue weighted by molar-refractivity contribution is -0.162. The lowest BCUT2D eigenvalue weighted by Crippen LogP contribution is -2.32. The van der Waals surface area contributed by atoms with Crippen LogP contribution in [0.2, 0.25) is 0 Å². The summed E-state index contributed by atoms with van der Waals surface area (Å²) in [6.45, 7) is 0.340. The molecule has 146 valence electrons. The molecule has 7 heteroatoms. The summed E-state index contributed by atoms with van der Waals surface area (Å²) in [5, 5.41) is 0. The number of rotatable bonds is 2. The van der Waals surface area contributed by atoms with E-state index in [0.717, 1.165) is 6.08 Å². The predicted octanol–water partition coefficient (Wildman–Crippen LogP) is 5.86. The molecule has 1 aromatic rings. The summed E-state index contributed by atoms with van der Waals surface area (Å²) < 4.78 is 70.6. The highest BCUT2D eigenvalue weighted by atomic mass is 19.4. The molecule has 2 heterocycles.